The van der Waals surface area contributed by atoms with Crippen LogP contribution in [0.5, 0.6) is 0 Å². The smallest absolute Gasteiger partial charge is 0.323 e. The average Bonchev–Trinajstić information content (AvgIpc) is 3.53. The summed E-state index contributed by atoms with van der Waals surface area (Å²) in [7, 11) is 0. The van der Waals surface area contributed by atoms with Crippen LogP contribution >= 0.6 is 22.9 Å². The fourth-order valence-electron chi connectivity index (χ4n) is 6.73. The number of carbonyl (C=O) groups is 3. The standard InChI is InChI=1S/C33H40ClN7O3S/c1-2-23-17-22(19-28(34)30(23)35)18-25(32(43)40-14-12-38(13-15-40)26-3-8-36-9-4-26)20-29(42)39-10-5-27(6-11-39)41-21-24-7-16-45-31(24)37-33(41)44/h3-4,7-9,16-17,19,25,27H,2,5-6,10-15,18,20-21,35H2,1H3,(H,37,44)/t25-/m0/s1. The lowest BCUT2D eigenvalue weighted by molar-refractivity contribution is -0.142. The summed E-state index contributed by atoms with van der Waals surface area (Å²) in [6.07, 6.45) is 6.24. The predicted molar refractivity (Wildman–Crippen MR) is 179 cm³/mol. The molecule has 0 radical (unpaired) electrons. The van der Waals surface area contributed by atoms with E-state index in [1.165, 1.54) is 0 Å². The molecule has 3 aliphatic rings. The summed E-state index contributed by atoms with van der Waals surface area (Å²) in [5, 5.41) is 6.40. The maximum Gasteiger partial charge on any atom is 0.323 e. The molecule has 2 saturated heterocycles. The number of likely N-dealkylation sites (tertiary alicyclic amines) is 1. The molecule has 45 heavy (non-hydrogen) atoms. The highest BCUT2D eigenvalue weighted by molar-refractivity contribution is 7.14. The van der Waals surface area contributed by atoms with E-state index in [1.807, 2.05) is 51.3 Å². The van der Waals surface area contributed by atoms with Gasteiger partial charge in [0.1, 0.15) is 5.00 Å². The van der Waals surface area contributed by atoms with Gasteiger partial charge < -0.3 is 25.3 Å². The highest BCUT2D eigenvalue weighted by Crippen LogP contribution is 2.32. The molecule has 1 aromatic carbocycles. The summed E-state index contributed by atoms with van der Waals surface area (Å²) in [5.74, 6) is -0.546. The van der Waals surface area contributed by atoms with Gasteiger partial charge in [0.25, 0.3) is 0 Å². The fourth-order valence-corrected chi connectivity index (χ4v) is 7.79. The summed E-state index contributed by atoms with van der Waals surface area (Å²) >= 11 is 8.03. The van der Waals surface area contributed by atoms with Gasteiger partial charge in [-0.2, -0.15) is 0 Å². The largest absolute Gasteiger partial charge is 0.397 e. The average molecular weight is 650 g/mol. The van der Waals surface area contributed by atoms with Crippen molar-refractivity contribution in [2.24, 2.45) is 5.92 Å². The Morgan fingerprint density at radius 2 is 1.80 bits per heavy atom. The number of thiophene rings is 1. The fraction of sp³-hybridized carbons (Fsp3) is 0.455. The van der Waals surface area contributed by atoms with Crippen LogP contribution in [0.4, 0.5) is 21.2 Å². The first-order valence-electron chi connectivity index (χ1n) is 15.7. The number of benzene rings is 1. The van der Waals surface area contributed by atoms with E-state index in [-0.39, 0.29) is 30.3 Å². The van der Waals surface area contributed by atoms with Crippen LogP contribution in [0.25, 0.3) is 0 Å². The number of amides is 4. The number of nitrogens with two attached hydrogens (primary N) is 1. The zero-order valence-electron chi connectivity index (χ0n) is 25.6. The molecule has 6 rings (SSSR count). The Bertz CT molecular complexity index is 1530. The SMILES string of the molecule is CCc1cc(C[C@@H](CC(=O)N2CCC(N3Cc4ccsc4NC3=O)CC2)C(=O)N2CCN(c3ccncc3)CC2)cc(Cl)c1N. The molecular formula is C33H40ClN7O3S. The van der Waals surface area contributed by atoms with Crippen molar-refractivity contribution >= 4 is 57.2 Å². The number of aryl methyl sites for hydroxylation is 1. The van der Waals surface area contributed by atoms with E-state index in [9.17, 15) is 14.4 Å². The first kappa shape index (κ1) is 31.2. The third kappa shape index (κ3) is 6.89. The summed E-state index contributed by atoms with van der Waals surface area (Å²) in [4.78, 5) is 52.6. The van der Waals surface area contributed by atoms with Crippen LogP contribution in [0, 0.1) is 5.92 Å². The molecule has 2 fully saturated rings. The lowest BCUT2D eigenvalue weighted by Gasteiger charge is -2.40. The Hall–Kier alpha value is -3.83. The van der Waals surface area contributed by atoms with Crippen molar-refractivity contribution in [3.8, 4) is 0 Å². The third-order valence-electron chi connectivity index (χ3n) is 9.35. The molecule has 4 amide bonds. The maximum atomic E-state index is 14.1. The van der Waals surface area contributed by atoms with Gasteiger partial charge in [-0.1, -0.05) is 24.6 Å². The van der Waals surface area contributed by atoms with Crippen LogP contribution in [0.1, 0.15) is 42.9 Å². The Labute approximate surface area is 273 Å². The summed E-state index contributed by atoms with van der Waals surface area (Å²) in [6, 6.07) is 9.86. The van der Waals surface area contributed by atoms with Crippen LogP contribution in [0.2, 0.25) is 5.02 Å². The van der Waals surface area contributed by atoms with Crippen molar-refractivity contribution < 1.29 is 14.4 Å². The Kier molecular flexibility index (Phi) is 9.46. The Morgan fingerprint density at radius 3 is 2.51 bits per heavy atom. The van der Waals surface area contributed by atoms with Crippen molar-refractivity contribution in [1.29, 1.82) is 0 Å². The van der Waals surface area contributed by atoms with Crippen molar-refractivity contribution in [2.45, 2.75) is 51.6 Å². The van der Waals surface area contributed by atoms with Gasteiger partial charge in [0.15, 0.2) is 0 Å². The number of carbonyl (C=O) groups excluding carboxylic acids is 3. The second-order valence-corrected chi connectivity index (χ2v) is 13.4. The van der Waals surface area contributed by atoms with Gasteiger partial charge in [-0.05, 0) is 66.5 Å². The quantitative estimate of drug-likeness (QED) is 0.336. The molecule has 0 unspecified atom stereocenters. The maximum absolute atomic E-state index is 14.1. The Morgan fingerprint density at radius 1 is 1.07 bits per heavy atom. The van der Waals surface area contributed by atoms with Gasteiger partial charge in [-0.15, -0.1) is 11.3 Å². The van der Waals surface area contributed by atoms with Crippen LogP contribution in [0.15, 0.2) is 48.1 Å². The van der Waals surface area contributed by atoms with Crippen molar-refractivity contribution in [3.63, 3.8) is 0 Å². The number of anilines is 3. The van der Waals surface area contributed by atoms with Gasteiger partial charge in [-0.3, -0.25) is 19.9 Å². The molecule has 12 heteroatoms. The predicted octanol–water partition coefficient (Wildman–Crippen LogP) is 4.88. The number of piperazine rings is 1. The van der Waals surface area contributed by atoms with Crippen molar-refractivity contribution in [1.82, 2.24) is 19.7 Å². The number of hydrogen-bond donors (Lipinski definition) is 2. The lowest BCUT2D eigenvalue weighted by atomic mass is 9.91. The zero-order valence-corrected chi connectivity index (χ0v) is 27.2. The van der Waals surface area contributed by atoms with E-state index in [0.717, 1.165) is 33.8 Å². The molecule has 0 bridgehead atoms. The van der Waals surface area contributed by atoms with E-state index in [2.05, 4.69) is 21.3 Å². The molecule has 3 aromatic rings. The molecular weight excluding hydrogens is 610 g/mol. The minimum atomic E-state index is -0.517. The number of nitrogens with one attached hydrogen (secondary N) is 1. The van der Waals surface area contributed by atoms with Gasteiger partial charge in [0, 0.05) is 75.4 Å². The van der Waals surface area contributed by atoms with E-state index in [0.29, 0.717) is 75.8 Å². The van der Waals surface area contributed by atoms with E-state index in [1.54, 1.807) is 23.7 Å². The van der Waals surface area contributed by atoms with E-state index in [4.69, 9.17) is 17.3 Å². The Balaban J connectivity index is 1.12. The number of hydrogen-bond acceptors (Lipinski definition) is 7. The van der Waals surface area contributed by atoms with Gasteiger partial charge in [0.2, 0.25) is 11.8 Å². The molecule has 0 aliphatic carbocycles. The molecule has 3 N–H and O–H groups in total. The van der Waals surface area contributed by atoms with Crippen molar-refractivity contribution in [2.75, 3.05) is 55.2 Å². The van der Waals surface area contributed by atoms with Crippen LogP contribution in [-0.2, 0) is 29.0 Å². The molecule has 10 nitrogen and oxygen atoms in total. The first-order valence-corrected chi connectivity index (χ1v) is 17.0. The third-order valence-corrected chi connectivity index (χ3v) is 10.5. The first-order chi connectivity index (χ1) is 21.8. The summed E-state index contributed by atoms with van der Waals surface area (Å²) < 4.78 is 0. The highest BCUT2D eigenvalue weighted by atomic mass is 35.5. The second kappa shape index (κ2) is 13.7. The number of nitrogens with zero attached hydrogens (tertiary/aromatic N) is 5. The minimum absolute atomic E-state index is 0.00448. The normalized spacial score (nSPS) is 18.0. The highest BCUT2D eigenvalue weighted by Gasteiger charge is 2.35. The number of pyridine rings is 1. The number of rotatable bonds is 8. The topological polar surface area (TPSA) is 115 Å². The van der Waals surface area contributed by atoms with Crippen LogP contribution in [0.3, 0.4) is 0 Å². The number of urea groups is 1. The number of aromatic nitrogens is 1. The number of fused-ring (bicyclic) bond motifs is 1. The number of halogens is 1. The lowest BCUT2D eigenvalue weighted by Crippen LogP contribution is -2.52. The molecule has 5 heterocycles. The molecule has 3 aliphatic heterocycles. The van der Waals surface area contributed by atoms with Gasteiger partial charge in [-0.25, -0.2) is 4.79 Å². The second-order valence-electron chi connectivity index (χ2n) is 12.1. The van der Waals surface area contributed by atoms with Gasteiger partial charge >= 0.3 is 6.03 Å². The minimum Gasteiger partial charge on any atom is -0.397 e. The molecule has 1 atom stereocenters. The van der Waals surface area contributed by atoms with Crippen molar-refractivity contribution in [3.05, 3.63) is 69.8 Å². The monoisotopic (exact) mass is 649 g/mol. The molecule has 0 spiro atoms. The summed E-state index contributed by atoms with van der Waals surface area (Å²) in [5.41, 5.74) is 10.8. The van der Waals surface area contributed by atoms with E-state index >= 15 is 0 Å². The summed E-state index contributed by atoms with van der Waals surface area (Å²) in [6.45, 7) is 6.34. The number of nitrogen functional groups attached to an aromatic ring is 1. The zero-order chi connectivity index (χ0) is 31.5. The van der Waals surface area contributed by atoms with Gasteiger partial charge in [0.05, 0.1) is 23.2 Å². The molecule has 2 aromatic heterocycles. The molecule has 0 saturated carbocycles. The number of piperidine rings is 1. The van der Waals surface area contributed by atoms with E-state index < -0.39 is 5.92 Å². The van der Waals surface area contributed by atoms with Crippen LogP contribution < -0.4 is 16.0 Å². The van der Waals surface area contributed by atoms with Crippen LogP contribution in [-0.4, -0.2) is 82.8 Å². The molecule has 238 valence electrons.